The zero-order valence-corrected chi connectivity index (χ0v) is 33.5. The monoisotopic (exact) mass is 778 g/mol. The third kappa shape index (κ3) is 7.88. The van der Waals surface area contributed by atoms with Gasteiger partial charge in [-0.2, -0.15) is 0 Å². The highest BCUT2D eigenvalue weighted by Crippen LogP contribution is 2.65. The van der Waals surface area contributed by atoms with Crippen LogP contribution in [0.15, 0.2) is 59.8 Å². The van der Waals surface area contributed by atoms with E-state index in [2.05, 4.69) is 31.2 Å². The molecule has 0 aromatic heterocycles. The van der Waals surface area contributed by atoms with Gasteiger partial charge in [-0.3, -0.25) is 4.79 Å². The molecule has 1 heterocycles. The number of oxime groups is 1. The summed E-state index contributed by atoms with van der Waals surface area (Å²) >= 11 is 6.85. The first-order valence-corrected chi connectivity index (χ1v) is 18.8. The summed E-state index contributed by atoms with van der Waals surface area (Å²) in [5, 5.41) is 7.47. The van der Waals surface area contributed by atoms with Crippen molar-refractivity contribution in [2.24, 2.45) is 22.4 Å². The molecule has 3 aromatic rings. The Morgan fingerprint density at radius 1 is 1.00 bits per heavy atom. The molecule has 5 atom stereocenters. The van der Waals surface area contributed by atoms with Gasteiger partial charge in [0.05, 0.1) is 44.0 Å². The fraction of sp³-hybridized carbons (Fsp3) is 0.488. The van der Waals surface area contributed by atoms with Gasteiger partial charge in [0.15, 0.2) is 17.2 Å². The van der Waals surface area contributed by atoms with Crippen LogP contribution in [-0.4, -0.2) is 69.3 Å². The molecule has 294 valence electrons. The molecule has 4 aliphatic rings. The van der Waals surface area contributed by atoms with Crippen molar-refractivity contribution in [1.82, 2.24) is 5.32 Å². The summed E-state index contributed by atoms with van der Waals surface area (Å²) in [5.41, 5.74) is -0.509. The molecule has 1 amide bonds. The summed E-state index contributed by atoms with van der Waals surface area (Å²) < 4.78 is 51.1. The molecule has 3 aromatic carbocycles. The molecule has 1 saturated heterocycles. The molecule has 14 heteroatoms. The van der Waals surface area contributed by atoms with Gasteiger partial charge in [0.1, 0.15) is 29.3 Å². The van der Waals surface area contributed by atoms with Gasteiger partial charge in [-0.1, -0.05) is 67.0 Å². The van der Waals surface area contributed by atoms with E-state index < -0.39 is 42.0 Å². The molecule has 55 heavy (non-hydrogen) atoms. The number of methoxy groups -OCH3 is 3. The van der Waals surface area contributed by atoms with Crippen molar-refractivity contribution in [2.45, 2.75) is 90.7 Å². The van der Waals surface area contributed by atoms with Gasteiger partial charge < -0.3 is 38.4 Å². The summed E-state index contributed by atoms with van der Waals surface area (Å²) in [4.78, 5) is 33.7. The molecule has 1 aliphatic heterocycles. The van der Waals surface area contributed by atoms with Gasteiger partial charge in [0.2, 0.25) is 0 Å². The zero-order chi connectivity index (χ0) is 39.9. The van der Waals surface area contributed by atoms with Gasteiger partial charge in [-0.15, -0.1) is 0 Å². The van der Waals surface area contributed by atoms with Crippen LogP contribution in [0.4, 0.5) is 4.39 Å². The maximum atomic E-state index is 15.4. The lowest BCUT2D eigenvalue weighted by molar-refractivity contribution is -0.199. The van der Waals surface area contributed by atoms with E-state index in [0.717, 1.165) is 18.4 Å². The van der Waals surface area contributed by atoms with E-state index in [1.165, 1.54) is 33.5 Å². The summed E-state index contributed by atoms with van der Waals surface area (Å²) in [7, 11) is 3.32. The van der Waals surface area contributed by atoms with Crippen LogP contribution in [0.25, 0.3) is 0 Å². The van der Waals surface area contributed by atoms with E-state index in [1.807, 2.05) is 30.3 Å². The number of amides is 1. The summed E-state index contributed by atoms with van der Waals surface area (Å²) in [6.45, 7) is 11.7. The molecular weight excluding hydrogens is 730 g/mol. The number of halogens is 2. The fourth-order valence-corrected chi connectivity index (χ4v) is 8.63. The van der Waals surface area contributed by atoms with E-state index >= 15 is 4.39 Å². The number of rotatable bonds is 13. The SMILES string of the molecule is COc1ccc(/C(=N\OCc2ccccc2)C(=O)NC(Cc2ccc(F)c(C(=O)OC(C)(C)C)c2OC)B2O[C@@H]3C[C@@H]4C[C@@H](C4(C)C)[C@]3(C)O2)c(Cl)c1OC. The van der Waals surface area contributed by atoms with Gasteiger partial charge >= 0.3 is 13.1 Å². The Kier molecular flexibility index (Phi) is 11.5. The number of carbonyl (C=O) groups excluding carboxylic acids is 2. The van der Waals surface area contributed by atoms with Crippen LogP contribution in [0.2, 0.25) is 5.02 Å². The highest BCUT2D eigenvalue weighted by atomic mass is 35.5. The lowest BCUT2D eigenvalue weighted by Crippen LogP contribution is -2.65. The number of benzene rings is 3. The van der Waals surface area contributed by atoms with Crippen molar-refractivity contribution in [3.05, 3.63) is 87.7 Å². The van der Waals surface area contributed by atoms with Crippen LogP contribution in [0.3, 0.4) is 0 Å². The largest absolute Gasteiger partial charge is 0.495 e. The Hall–Kier alpha value is -4.33. The van der Waals surface area contributed by atoms with Crippen LogP contribution in [0.1, 0.15) is 81.4 Å². The first-order valence-electron chi connectivity index (χ1n) is 18.4. The van der Waals surface area contributed by atoms with Crippen molar-refractivity contribution in [2.75, 3.05) is 21.3 Å². The zero-order valence-electron chi connectivity index (χ0n) is 32.8. The van der Waals surface area contributed by atoms with E-state index in [4.69, 9.17) is 44.7 Å². The molecule has 7 rings (SSSR count). The highest BCUT2D eigenvalue weighted by Gasteiger charge is 2.68. The first-order chi connectivity index (χ1) is 26.0. The topological polar surface area (TPSA) is 123 Å². The van der Waals surface area contributed by atoms with Crippen molar-refractivity contribution in [1.29, 1.82) is 0 Å². The predicted octanol–water partition coefficient (Wildman–Crippen LogP) is 7.38. The Morgan fingerprint density at radius 2 is 1.71 bits per heavy atom. The fourth-order valence-electron chi connectivity index (χ4n) is 8.31. The number of esters is 1. The number of hydrogen-bond donors (Lipinski definition) is 1. The van der Waals surface area contributed by atoms with Gasteiger partial charge in [-0.05, 0) is 93.5 Å². The van der Waals surface area contributed by atoms with Crippen LogP contribution < -0.4 is 19.5 Å². The van der Waals surface area contributed by atoms with Crippen LogP contribution in [0, 0.1) is 23.1 Å². The molecule has 0 spiro atoms. The molecule has 11 nitrogen and oxygen atoms in total. The maximum Gasteiger partial charge on any atom is 0.482 e. The summed E-state index contributed by atoms with van der Waals surface area (Å²) in [5.74, 6) is -2.02. The molecule has 0 radical (unpaired) electrons. The Balaban J connectivity index is 1.39. The minimum atomic E-state index is -0.943. The quantitative estimate of drug-likeness (QED) is 0.0820. The number of carbonyl (C=O) groups is 2. The standard InChI is InChI=1S/C41H49BClFN2O9/c1-39(2,3)53-38(48)32-27(44)17-15-24(35(32)50-8)19-31(42-54-30-21-25-20-29(40(25,4)5)41(30,6)55-42)45-37(47)34(46-52-22-23-13-11-10-12-14-23)26-16-18-28(49-7)36(51-9)33(26)43/h10-18,25,29-31H,19-22H2,1-9H3,(H,45,47)/b46-34+/t25-,29-,30+,31?,41-/m0/s1. The van der Waals surface area contributed by atoms with Crippen molar-refractivity contribution >= 4 is 36.3 Å². The third-order valence-electron chi connectivity index (χ3n) is 11.2. The van der Waals surface area contributed by atoms with E-state index in [9.17, 15) is 9.59 Å². The molecule has 3 aliphatic carbocycles. The smallest absolute Gasteiger partial charge is 0.482 e. The molecule has 1 N–H and O–H groups in total. The Morgan fingerprint density at radius 3 is 2.35 bits per heavy atom. The average molecular weight is 779 g/mol. The first kappa shape index (κ1) is 40.3. The summed E-state index contributed by atoms with van der Waals surface area (Å²) in [6.07, 6.45) is 1.61. The minimum absolute atomic E-state index is 0.00770. The molecular formula is C41H49BClFN2O9. The second kappa shape index (κ2) is 15.7. The van der Waals surface area contributed by atoms with E-state index in [-0.39, 0.29) is 63.8 Å². The van der Waals surface area contributed by atoms with Crippen LogP contribution >= 0.6 is 11.6 Å². The Labute approximate surface area is 327 Å². The van der Waals surface area contributed by atoms with E-state index in [0.29, 0.717) is 17.2 Å². The van der Waals surface area contributed by atoms with Crippen molar-refractivity contribution in [3.63, 3.8) is 0 Å². The predicted molar refractivity (Wildman–Crippen MR) is 206 cm³/mol. The minimum Gasteiger partial charge on any atom is -0.495 e. The molecule has 4 fully saturated rings. The molecule has 2 bridgehead atoms. The number of ether oxygens (including phenoxy) is 4. The third-order valence-corrected chi connectivity index (χ3v) is 11.6. The van der Waals surface area contributed by atoms with Crippen molar-refractivity contribution in [3.8, 4) is 17.2 Å². The normalized spacial score (nSPS) is 23.2. The van der Waals surface area contributed by atoms with Gasteiger partial charge in [0.25, 0.3) is 5.91 Å². The number of hydrogen-bond acceptors (Lipinski definition) is 10. The van der Waals surface area contributed by atoms with Gasteiger partial charge in [0, 0.05) is 5.56 Å². The van der Waals surface area contributed by atoms with Gasteiger partial charge in [-0.25, -0.2) is 9.18 Å². The molecule has 1 unspecified atom stereocenters. The second-order valence-electron chi connectivity index (χ2n) is 16.1. The average Bonchev–Trinajstić information content (AvgIpc) is 3.50. The summed E-state index contributed by atoms with van der Waals surface area (Å²) in [6, 6.07) is 15.3. The van der Waals surface area contributed by atoms with Crippen molar-refractivity contribution < 1.29 is 47.1 Å². The lowest BCUT2D eigenvalue weighted by Gasteiger charge is -2.64. The highest BCUT2D eigenvalue weighted by molar-refractivity contribution is 6.52. The van der Waals surface area contributed by atoms with Crippen LogP contribution in [-0.2, 0) is 36.7 Å². The van der Waals surface area contributed by atoms with E-state index in [1.54, 1.807) is 32.9 Å². The number of nitrogens with one attached hydrogen (secondary N) is 1. The lowest BCUT2D eigenvalue weighted by atomic mass is 9.43. The van der Waals surface area contributed by atoms with Crippen LogP contribution in [0.5, 0.6) is 17.2 Å². The second-order valence-corrected chi connectivity index (χ2v) is 16.5. The Bertz CT molecular complexity index is 1960. The molecule has 3 saturated carbocycles. The maximum absolute atomic E-state index is 15.4. The number of nitrogens with zero attached hydrogens (tertiary/aromatic N) is 1.